The third-order valence-electron chi connectivity index (χ3n) is 3.07. The lowest BCUT2D eigenvalue weighted by molar-refractivity contribution is -0.0451. The van der Waals surface area contributed by atoms with E-state index in [9.17, 15) is 0 Å². The zero-order valence-corrected chi connectivity index (χ0v) is 10.6. The van der Waals surface area contributed by atoms with Crippen LogP contribution in [0.2, 0.25) is 0 Å². The largest absolute Gasteiger partial charge is 0.489 e. The van der Waals surface area contributed by atoms with Crippen LogP contribution in [-0.4, -0.2) is 13.2 Å². The number of ether oxygens (including phenoxy) is 3. The van der Waals surface area contributed by atoms with Gasteiger partial charge in [-0.3, -0.25) is 0 Å². The van der Waals surface area contributed by atoms with Gasteiger partial charge in [0.1, 0.15) is 12.4 Å². The minimum Gasteiger partial charge on any atom is -0.489 e. The van der Waals surface area contributed by atoms with E-state index in [1.807, 2.05) is 54.6 Å². The van der Waals surface area contributed by atoms with Gasteiger partial charge < -0.3 is 14.2 Å². The summed E-state index contributed by atoms with van der Waals surface area (Å²) >= 11 is 0. The van der Waals surface area contributed by atoms with Crippen molar-refractivity contribution in [3.63, 3.8) is 0 Å². The number of hydrogen-bond donors (Lipinski definition) is 0. The van der Waals surface area contributed by atoms with Crippen LogP contribution in [0.1, 0.15) is 17.4 Å². The molecule has 0 bridgehead atoms. The molecule has 0 amide bonds. The highest BCUT2D eigenvalue weighted by molar-refractivity contribution is 5.29. The van der Waals surface area contributed by atoms with Gasteiger partial charge in [-0.25, -0.2) is 0 Å². The Morgan fingerprint density at radius 2 is 1.58 bits per heavy atom. The third-order valence-corrected chi connectivity index (χ3v) is 3.07. The molecule has 0 N–H and O–H groups in total. The van der Waals surface area contributed by atoms with E-state index in [0.29, 0.717) is 19.8 Å². The highest BCUT2D eigenvalue weighted by Crippen LogP contribution is 2.27. The molecule has 2 aromatic carbocycles. The Balaban J connectivity index is 1.73. The molecule has 1 fully saturated rings. The fraction of sp³-hybridized carbons (Fsp3) is 0.250. The Hall–Kier alpha value is -1.84. The monoisotopic (exact) mass is 256 g/mol. The van der Waals surface area contributed by atoms with E-state index in [4.69, 9.17) is 14.2 Å². The summed E-state index contributed by atoms with van der Waals surface area (Å²) in [6, 6.07) is 17.9. The van der Waals surface area contributed by atoms with Crippen molar-refractivity contribution in [2.24, 2.45) is 0 Å². The second kappa shape index (κ2) is 5.87. The second-order valence-corrected chi connectivity index (χ2v) is 4.37. The molecule has 98 valence electrons. The van der Waals surface area contributed by atoms with Crippen molar-refractivity contribution >= 4 is 0 Å². The fourth-order valence-electron chi connectivity index (χ4n) is 2.11. The molecule has 1 heterocycles. The lowest BCUT2D eigenvalue weighted by atomic mass is 10.1. The van der Waals surface area contributed by atoms with Gasteiger partial charge in [0, 0.05) is 5.56 Å². The summed E-state index contributed by atoms with van der Waals surface area (Å²) in [5.41, 5.74) is 2.15. The smallest absolute Gasteiger partial charge is 0.184 e. The molecule has 3 heteroatoms. The first kappa shape index (κ1) is 12.2. The molecule has 0 spiro atoms. The van der Waals surface area contributed by atoms with E-state index in [0.717, 1.165) is 16.9 Å². The molecule has 0 unspecified atom stereocenters. The van der Waals surface area contributed by atoms with Crippen LogP contribution < -0.4 is 4.74 Å². The van der Waals surface area contributed by atoms with E-state index >= 15 is 0 Å². The summed E-state index contributed by atoms with van der Waals surface area (Å²) in [5.74, 6) is 0.866. The predicted molar refractivity (Wildman–Crippen MR) is 71.9 cm³/mol. The highest BCUT2D eigenvalue weighted by atomic mass is 16.7. The van der Waals surface area contributed by atoms with Gasteiger partial charge in [-0.1, -0.05) is 42.5 Å². The van der Waals surface area contributed by atoms with Crippen molar-refractivity contribution in [1.29, 1.82) is 0 Å². The molecule has 0 aliphatic carbocycles. The Kier molecular flexibility index (Phi) is 3.77. The minimum atomic E-state index is -0.254. The van der Waals surface area contributed by atoms with E-state index in [2.05, 4.69) is 0 Å². The molecule has 0 atom stereocenters. The quantitative estimate of drug-likeness (QED) is 0.840. The maximum absolute atomic E-state index is 5.78. The molecule has 3 nitrogen and oxygen atoms in total. The van der Waals surface area contributed by atoms with Gasteiger partial charge >= 0.3 is 0 Å². The number of rotatable bonds is 4. The van der Waals surface area contributed by atoms with Crippen LogP contribution >= 0.6 is 0 Å². The highest BCUT2D eigenvalue weighted by Gasteiger charge is 2.20. The van der Waals surface area contributed by atoms with E-state index < -0.39 is 0 Å². The van der Waals surface area contributed by atoms with Crippen LogP contribution in [0.3, 0.4) is 0 Å². The van der Waals surface area contributed by atoms with Crippen LogP contribution in [0.15, 0.2) is 54.6 Å². The average Bonchev–Trinajstić information content (AvgIpc) is 3.01. The van der Waals surface area contributed by atoms with Crippen molar-refractivity contribution in [3.8, 4) is 5.75 Å². The Morgan fingerprint density at radius 3 is 2.37 bits per heavy atom. The van der Waals surface area contributed by atoms with E-state index in [1.54, 1.807) is 0 Å². The summed E-state index contributed by atoms with van der Waals surface area (Å²) in [6.07, 6.45) is -0.254. The van der Waals surface area contributed by atoms with Crippen molar-refractivity contribution in [1.82, 2.24) is 0 Å². The van der Waals surface area contributed by atoms with Crippen LogP contribution in [0.5, 0.6) is 5.75 Å². The molecule has 3 rings (SSSR count). The SMILES string of the molecule is c1ccc(OCc2ccccc2C2OCCO2)cc1. The zero-order valence-electron chi connectivity index (χ0n) is 10.6. The van der Waals surface area contributed by atoms with Gasteiger partial charge in [-0.05, 0) is 17.7 Å². The maximum Gasteiger partial charge on any atom is 0.184 e. The molecule has 1 saturated heterocycles. The summed E-state index contributed by atoms with van der Waals surface area (Å²) in [4.78, 5) is 0. The Bertz CT molecular complexity index is 519. The van der Waals surface area contributed by atoms with E-state index in [1.165, 1.54) is 0 Å². The summed E-state index contributed by atoms with van der Waals surface area (Å²) in [7, 11) is 0. The molecule has 0 saturated carbocycles. The fourth-order valence-corrected chi connectivity index (χ4v) is 2.11. The molecule has 19 heavy (non-hydrogen) atoms. The van der Waals surface area contributed by atoms with Gasteiger partial charge in [0.25, 0.3) is 0 Å². The van der Waals surface area contributed by atoms with Crippen molar-refractivity contribution in [2.75, 3.05) is 13.2 Å². The second-order valence-electron chi connectivity index (χ2n) is 4.37. The normalized spacial score (nSPS) is 15.6. The zero-order chi connectivity index (χ0) is 12.9. The minimum absolute atomic E-state index is 0.254. The van der Waals surface area contributed by atoms with Gasteiger partial charge in [-0.2, -0.15) is 0 Å². The lowest BCUT2D eigenvalue weighted by Gasteiger charge is -2.15. The predicted octanol–water partition coefficient (Wildman–Crippen LogP) is 3.31. The molecular formula is C16H16O3. The maximum atomic E-state index is 5.78. The summed E-state index contributed by atoms with van der Waals surface area (Å²) < 4.78 is 16.9. The van der Waals surface area contributed by atoms with Crippen LogP contribution in [0, 0.1) is 0 Å². The summed E-state index contributed by atoms with van der Waals surface area (Å²) in [6.45, 7) is 1.82. The van der Waals surface area contributed by atoms with E-state index in [-0.39, 0.29) is 6.29 Å². The third kappa shape index (κ3) is 2.95. The van der Waals surface area contributed by atoms with Gasteiger partial charge in [-0.15, -0.1) is 0 Å². The van der Waals surface area contributed by atoms with Crippen molar-refractivity contribution in [3.05, 3.63) is 65.7 Å². The number of hydrogen-bond acceptors (Lipinski definition) is 3. The molecule has 0 aromatic heterocycles. The first-order valence-electron chi connectivity index (χ1n) is 6.42. The van der Waals surface area contributed by atoms with Crippen molar-refractivity contribution in [2.45, 2.75) is 12.9 Å². The molecular weight excluding hydrogens is 240 g/mol. The standard InChI is InChI=1S/C16H16O3/c1-2-7-14(8-3-1)19-12-13-6-4-5-9-15(13)16-17-10-11-18-16/h1-9,16H,10-12H2. The topological polar surface area (TPSA) is 27.7 Å². The van der Waals surface area contributed by atoms with Gasteiger partial charge in [0.05, 0.1) is 13.2 Å². The van der Waals surface area contributed by atoms with Gasteiger partial charge in [0.15, 0.2) is 6.29 Å². The first-order valence-corrected chi connectivity index (χ1v) is 6.42. The van der Waals surface area contributed by atoms with Crippen LogP contribution in [0.4, 0.5) is 0 Å². The molecule has 0 radical (unpaired) electrons. The lowest BCUT2D eigenvalue weighted by Crippen LogP contribution is -2.05. The number of para-hydroxylation sites is 1. The molecule has 2 aromatic rings. The van der Waals surface area contributed by atoms with Crippen molar-refractivity contribution < 1.29 is 14.2 Å². The first-order chi connectivity index (χ1) is 9.43. The Labute approximate surface area is 112 Å². The van der Waals surface area contributed by atoms with Gasteiger partial charge in [0.2, 0.25) is 0 Å². The molecule has 1 aliphatic rings. The Morgan fingerprint density at radius 1 is 0.895 bits per heavy atom. The number of benzene rings is 2. The summed E-state index contributed by atoms with van der Waals surface area (Å²) in [5, 5.41) is 0. The average molecular weight is 256 g/mol. The molecule has 1 aliphatic heterocycles. The van der Waals surface area contributed by atoms with Crippen LogP contribution in [0.25, 0.3) is 0 Å². The van der Waals surface area contributed by atoms with Crippen LogP contribution in [-0.2, 0) is 16.1 Å².